The molecule has 416 valence electrons. The first-order valence-electron chi connectivity index (χ1n) is 27.0. The van der Waals surface area contributed by atoms with Crippen molar-refractivity contribution in [3.8, 4) is 45.8 Å². The molecule has 6 aliphatic rings. The summed E-state index contributed by atoms with van der Waals surface area (Å²) in [5.74, 6) is -3.89. The number of hydrogen-bond donors (Lipinski definition) is 13. The number of ether oxygens (including phenoxy) is 4. The number of nitrogen functional groups attached to an aromatic ring is 1. The van der Waals surface area contributed by atoms with Gasteiger partial charge in [0.25, 0.3) is 0 Å². The smallest absolute Gasteiger partial charge is 0.336 e. The summed E-state index contributed by atoms with van der Waals surface area (Å²) in [5.41, 5.74) is 0.300. The number of phenolic OH excluding ortho intramolecular Hbond substituents is 3. The van der Waals surface area contributed by atoms with Crippen LogP contribution in [-0.4, -0.2) is 119 Å². The van der Waals surface area contributed by atoms with E-state index in [9.17, 15) is 55.5 Å². The van der Waals surface area contributed by atoms with Crippen molar-refractivity contribution in [1.29, 1.82) is 0 Å². The summed E-state index contributed by atoms with van der Waals surface area (Å²) in [5, 5.41) is 113. The van der Waals surface area contributed by atoms with Gasteiger partial charge in [-0.1, -0.05) is 42.7 Å². The molecule has 79 heavy (non-hydrogen) atoms. The van der Waals surface area contributed by atoms with Crippen molar-refractivity contribution in [3.05, 3.63) is 135 Å². The number of anilines is 1. The second kappa shape index (κ2) is 19.9. The van der Waals surface area contributed by atoms with Crippen molar-refractivity contribution in [2.75, 3.05) is 25.6 Å². The Morgan fingerprint density at radius 1 is 0.911 bits per heavy atom. The van der Waals surface area contributed by atoms with E-state index < -0.39 is 88.6 Å². The standard InChI is InChI=1S/C59H64N4O16/c60-46-19-18-38(63-46)49(68)45(28-64)75-34-16-14-30(15-17-34)42-24-41(67)47-43(76-42)25-44(51(50(47)69)79-58-22-6-9-31(58)7-4-11-35-36(58)12-5-13-40(35)66)77-55-57(73)26-37(56(20-1-2-21-56)32-8-3-10-33(65)23-32)48(39-27-61-29-62-39)59(74,54(57)72)52(78-55)53(70)71/h3,5,8,10,12-19,23-26,31,39,45,48-49,52,54-55,61-66,68-69,72-74H,1-2,4,6-7,9,11,20-22,27-29,60H2,(H,70,71). The van der Waals surface area contributed by atoms with Crippen LogP contribution in [0.2, 0.25) is 0 Å². The van der Waals surface area contributed by atoms with Gasteiger partial charge in [-0.3, -0.25) is 10.1 Å². The maximum atomic E-state index is 14.5. The van der Waals surface area contributed by atoms with E-state index in [1.807, 2.05) is 12.1 Å². The molecule has 11 atom stereocenters. The highest BCUT2D eigenvalue weighted by Gasteiger charge is 2.73. The quantitative estimate of drug-likeness (QED) is 0.0640. The number of benzene rings is 4. The van der Waals surface area contributed by atoms with Crippen molar-refractivity contribution in [2.45, 2.75) is 123 Å². The molecule has 4 fully saturated rings. The summed E-state index contributed by atoms with van der Waals surface area (Å²) in [6.45, 7) is 0.00239. The summed E-state index contributed by atoms with van der Waals surface area (Å²) < 4.78 is 32.6. The molecule has 20 heteroatoms. The van der Waals surface area contributed by atoms with Gasteiger partial charge in [-0.15, -0.1) is 0 Å². The van der Waals surface area contributed by atoms with Crippen molar-refractivity contribution < 1.29 is 74.1 Å². The second-order valence-electron chi connectivity index (χ2n) is 22.2. The third kappa shape index (κ3) is 8.50. The lowest BCUT2D eigenvalue weighted by Crippen LogP contribution is -2.80. The average Bonchev–Trinajstić information content (AvgIpc) is 3.84. The van der Waals surface area contributed by atoms with Gasteiger partial charge in [0.15, 0.2) is 34.7 Å². The van der Waals surface area contributed by atoms with E-state index in [1.54, 1.807) is 60.7 Å². The largest absolute Gasteiger partial charge is 0.508 e. The highest BCUT2D eigenvalue weighted by Crippen LogP contribution is 2.61. The number of phenols is 3. The van der Waals surface area contributed by atoms with Crippen LogP contribution in [0.15, 0.2) is 112 Å². The SMILES string of the molecule is Nc1ccc(C(O)C(CO)Oc2ccc(-c3cc(=O)c4c(O)c(OC56CCCC5CCCc5c(O)cccc56)c(OC5OC(C(=O)O)C6(O)C(C7CNCN7)C(C7(c8cccc(O)c8)CCCC7)=CC5(O)C6O)cc4o3)cc2)[nH]1. The second-order valence-corrected chi connectivity index (χ2v) is 22.2. The molecule has 4 heterocycles. The summed E-state index contributed by atoms with van der Waals surface area (Å²) >= 11 is 0. The van der Waals surface area contributed by atoms with Crippen molar-refractivity contribution in [2.24, 2.45) is 11.8 Å². The minimum absolute atomic E-state index is 0.0139. The number of fused-ring (bicyclic) bond motifs is 6. The van der Waals surface area contributed by atoms with E-state index in [-0.39, 0.29) is 57.9 Å². The van der Waals surface area contributed by atoms with E-state index in [0.29, 0.717) is 104 Å². The van der Waals surface area contributed by atoms with Crippen LogP contribution in [0.25, 0.3) is 22.3 Å². The summed E-state index contributed by atoms with van der Waals surface area (Å²) in [6.07, 6.45) is -1.51. The first-order valence-corrected chi connectivity index (χ1v) is 27.0. The molecule has 2 aliphatic heterocycles. The molecule has 14 N–H and O–H groups in total. The van der Waals surface area contributed by atoms with Gasteiger partial charge in [-0.2, -0.15) is 0 Å². The lowest BCUT2D eigenvalue weighted by molar-refractivity contribution is -0.345. The van der Waals surface area contributed by atoms with Crippen LogP contribution in [0.1, 0.15) is 86.3 Å². The molecule has 4 aliphatic carbocycles. The number of hydrogen-bond acceptors (Lipinski definition) is 18. The first kappa shape index (κ1) is 52.6. The third-order valence-electron chi connectivity index (χ3n) is 17.8. The van der Waals surface area contributed by atoms with E-state index in [1.165, 1.54) is 24.3 Å². The number of aromatic amines is 1. The molecule has 0 spiro atoms. The molecule has 0 amide bonds. The van der Waals surface area contributed by atoms with Crippen LogP contribution in [0.3, 0.4) is 0 Å². The zero-order valence-electron chi connectivity index (χ0n) is 43.0. The van der Waals surface area contributed by atoms with E-state index in [4.69, 9.17) is 29.1 Å². The zero-order valence-corrected chi connectivity index (χ0v) is 43.0. The maximum absolute atomic E-state index is 14.5. The van der Waals surface area contributed by atoms with Crippen molar-refractivity contribution in [1.82, 2.24) is 15.6 Å². The molecule has 0 radical (unpaired) electrons. The number of carbonyl (C=O) groups is 1. The fourth-order valence-corrected chi connectivity index (χ4v) is 14.2. The molecule has 12 rings (SSSR count). The van der Waals surface area contributed by atoms with Crippen LogP contribution in [0.4, 0.5) is 5.82 Å². The van der Waals surface area contributed by atoms with Crippen LogP contribution < -0.4 is 36.0 Å². The molecule has 20 nitrogen and oxygen atoms in total. The van der Waals surface area contributed by atoms with Gasteiger partial charge in [0.1, 0.15) is 63.2 Å². The normalized spacial score (nSPS) is 29.7. The predicted octanol–water partition coefficient (Wildman–Crippen LogP) is 4.97. The Hall–Kier alpha value is -7.14. The zero-order chi connectivity index (χ0) is 55.2. The fraction of sp³-hybridized carbons (Fsp3) is 0.424. The lowest BCUT2D eigenvalue weighted by atomic mass is 9.54. The monoisotopic (exact) mass is 1080 g/mol. The third-order valence-corrected chi connectivity index (χ3v) is 17.8. The summed E-state index contributed by atoms with van der Waals surface area (Å²) in [6, 6.07) is 23.0. The molecule has 11 unspecified atom stereocenters. The average molecular weight is 1090 g/mol. The Bertz CT molecular complexity index is 3410. The molecule has 2 aromatic heterocycles. The molecular formula is C59H64N4O16. The Morgan fingerprint density at radius 2 is 1.68 bits per heavy atom. The molecule has 6 aromatic rings. The van der Waals surface area contributed by atoms with Gasteiger partial charge in [0, 0.05) is 71.0 Å². The lowest BCUT2D eigenvalue weighted by Gasteiger charge is -2.60. The first-order chi connectivity index (χ1) is 38.0. The Morgan fingerprint density at radius 3 is 2.39 bits per heavy atom. The molecule has 2 saturated carbocycles. The number of carboxylic acids is 1. The number of rotatable bonds is 14. The minimum Gasteiger partial charge on any atom is -0.508 e. The van der Waals surface area contributed by atoms with Gasteiger partial charge < -0.3 is 85.4 Å². The summed E-state index contributed by atoms with van der Waals surface area (Å²) in [7, 11) is 0. The van der Waals surface area contributed by atoms with Crippen LogP contribution in [0.5, 0.6) is 34.5 Å². The van der Waals surface area contributed by atoms with Gasteiger partial charge in [0.2, 0.25) is 12.0 Å². The van der Waals surface area contributed by atoms with E-state index in [0.717, 1.165) is 6.42 Å². The Kier molecular flexibility index (Phi) is 13.2. The fourth-order valence-electron chi connectivity index (χ4n) is 14.2. The number of aliphatic hydroxyl groups excluding tert-OH is 3. The predicted molar refractivity (Wildman–Crippen MR) is 284 cm³/mol. The number of nitrogens with one attached hydrogen (secondary N) is 3. The summed E-state index contributed by atoms with van der Waals surface area (Å²) in [4.78, 5) is 31.1. The minimum atomic E-state index is -2.74. The highest BCUT2D eigenvalue weighted by atomic mass is 16.7. The number of nitrogens with two attached hydrogens (primary N) is 1. The number of H-pyrrole nitrogens is 1. The van der Waals surface area contributed by atoms with Gasteiger partial charge in [-0.05, 0) is 118 Å². The molecule has 4 aromatic carbocycles. The number of aliphatic hydroxyl groups is 5. The maximum Gasteiger partial charge on any atom is 0.336 e. The Labute approximate surface area is 452 Å². The van der Waals surface area contributed by atoms with Gasteiger partial charge in [-0.25, -0.2) is 4.79 Å². The van der Waals surface area contributed by atoms with E-state index in [2.05, 4.69) is 15.6 Å². The molecular weight excluding hydrogens is 1020 g/mol. The molecule has 2 bridgehead atoms. The van der Waals surface area contributed by atoms with Crippen LogP contribution in [-0.2, 0) is 27.0 Å². The topological polar surface area (TPSA) is 332 Å². The Balaban J connectivity index is 1.01. The van der Waals surface area contributed by atoms with Gasteiger partial charge >= 0.3 is 5.97 Å². The number of aliphatic carboxylic acids is 1. The highest BCUT2D eigenvalue weighted by molar-refractivity contribution is 5.90. The number of aromatic hydroxyl groups is 3. The van der Waals surface area contributed by atoms with Crippen molar-refractivity contribution in [3.63, 3.8) is 0 Å². The molecule has 2 saturated heterocycles. The number of aromatic nitrogens is 1. The van der Waals surface area contributed by atoms with E-state index >= 15 is 0 Å². The van der Waals surface area contributed by atoms with Gasteiger partial charge in [0.05, 0.1) is 6.61 Å². The van der Waals surface area contributed by atoms with Crippen molar-refractivity contribution >= 4 is 22.8 Å². The van der Waals surface area contributed by atoms with Crippen LogP contribution in [0, 0.1) is 11.8 Å². The number of carboxylic acid groups (broad SMARTS) is 1. The van der Waals surface area contributed by atoms with Crippen LogP contribution >= 0.6 is 0 Å².